The van der Waals surface area contributed by atoms with Crippen molar-refractivity contribution in [2.45, 2.75) is 0 Å². The number of para-hydroxylation sites is 4. The second-order valence-electron chi connectivity index (χ2n) is 13.1. The van der Waals surface area contributed by atoms with Crippen LogP contribution in [-0.4, -0.2) is 24.1 Å². The predicted octanol–water partition coefficient (Wildman–Crippen LogP) is 11.8. The molecule has 4 heterocycles. The molecule has 0 bridgehead atoms. The molecule has 0 N–H and O–H groups in total. The molecule has 7 aromatic carbocycles. The van der Waals surface area contributed by atoms with Gasteiger partial charge in [-0.3, -0.25) is 4.57 Å². The molecule has 11 rings (SSSR count). The average Bonchev–Trinajstić information content (AvgIpc) is 3.87. The van der Waals surface area contributed by atoms with Crippen LogP contribution in [0.25, 0.3) is 105 Å². The topological polar surface area (TPSA) is 66.0 Å². The summed E-state index contributed by atoms with van der Waals surface area (Å²) >= 11 is 0. The van der Waals surface area contributed by atoms with Crippen molar-refractivity contribution in [3.8, 4) is 34.4 Å². The highest BCUT2D eigenvalue weighted by atomic mass is 16.3. The molecular formula is C46H26N6O. The van der Waals surface area contributed by atoms with Crippen LogP contribution in [0.15, 0.2) is 162 Å². The SMILES string of the molecule is [C-]#[N+]c1ccc(-n2c3ccccc3c3cc4c(cc32)oc2ccccc24)c(-c2nc(-c3ccccc3)nc(-n3c4ccccc4c4ccccc43)n2)c1. The lowest BCUT2D eigenvalue weighted by Gasteiger charge is -2.16. The molecule has 4 aromatic heterocycles. The van der Waals surface area contributed by atoms with Gasteiger partial charge in [-0.05, 0) is 42.5 Å². The first kappa shape index (κ1) is 29.2. The predicted molar refractivity (Wildman–Crippen MR) is 213 cm³/mol. The highest BCUT2D eigenvalue weighted by Gasteiger charge is 2.22. The van der Waals surface area contributed by atoms with Crippen molar-refractivity contribution in [1.29, 1.82) is 0 Å². The molecule has 0 aliphatic heterocycles. The zero-order valence-corrected chi connectivity index (χ0v) is 28.1. The minimum Gasteiger partial charge on any atom is -0.456 e. The molecule has 0 amide bonds. The largest absolute Gasteiger partial charge is 0.456 e. The van der Waals surface area contributed by atoms with E-state index >= 15 is 0 Å². The van der Waals surface area contributed by atoms with Crippen LogP contribution in [0.3, 0.4) is 0 Å². The van der Waals surface area contributed by atoms with E-state index in [2.05, 4.69) is 92.8 Å². The fourth-order valence-electron chi connectivity index (χ4n) is 7.85. The number of nitrogens with zero attached hydrogens (tertiary/aromatic N) is 6. The first-order chi connectivity index (χ1) is 26.2. The van der Waals surface area contributed by atoms with Crippen LogP contribution in [0.5, 0.6) is 0 Å². The minimum absolute atomic E-state index is 0.465. The highest BCUT2D eigenvalue weighted by molar-refractivity contribution is 6.17. The molecule has 0 spiro atoms. The van der Waals surface area contributed by atoms with Crippen LogP contribution in [0, 0.1) is 6.57 Å². The van der Waals surface area contributed by atoms with Crippen LogP contribution >= 0.6 is 0 Å². The first-order valence-electron chi connectivity index (χ1n) is 17.4. The number of fused-ring (bicyclic) bond motifs is 9. The molecule has 7 nitrogen and oxygen atoms in total. The van der Waals surface area contributed by atoms with E-state index in [1.807, 2.05) is 78.9 Å². The number of aromatic nitrogens is 5. The summed E-state index contributed by atoms with van der Waals surface area (Å²) in [6.07, 6.45) is 0. The average molecular weight is 679 g/mol. The lowest BCUT2D eigenvalue weighted by Crippen LogP contribution is -2.07. The third-order valence-corrected chi connectivity index (χ3v) is 10.2. The van der Waals surface area contributed by atoms with E-state index in [4.69, 9.17) is 25.9 Å². The maximum atomic E-state index is 8.02. The second-order valence-corrected chi connectivity index (χ2v) is 13.1. The molecule has 53 heavy (non-hydrogen) atoms. The molecule has 7 heteroatoms. The fraction of sp³-hybridized carbons (Fsp3) is 0. The van der Waals surface area contributed by atoms with Crippen LogP contribution in [0.4, 0.5) is 5.69 Å². The summed E-state index contributed by atoms with van der Waals surface area (Å²) < 4.78 is 10.8. The van der Waals surface area contributed by atoms with Crippen LogP contribution in [0.2, 0.25) is 0 Å². The standard InChI is InChI=1S/C46H26N6O/c1-47-29-23-24-40(51-37-19-9-7-17-32(37)34-26-35-33-18-8-12-22-42(33)53-43(35)27-41(34)51)36(25-29)45-48-44(28-13-3-2-4-14-28)49-46(50-45)52-38-20-10-5-15-30(38)31-16-6-11-21-39(31)52/h2-27H. The van der Waals surface area contributed by atoms with Crippen LogP contribution < -0.4 is 0 Å². The minimum atomic E-state index is 0.465. The molecule has 246 valence electrons. The number of furan rings is 1. The Balaban J connectivity index is 1.24. The summed E-state index contributed by atoms with van der Waals surface area (Å²) in [5.41, 5.74) is 8.58. The normalized spacial score (nSPS) is 11.8. The zero-order valence-electron chi connectivity index (χ0n) is 28.1. The molecule has 0 aliphatic carbocycles. The van der Waals surface area contributed by atoms with E-state index in [9.17, 15) is 0 Å². The molecule has 0 atom stereocenters. The Morgan fingerprint density at radius 3 is 1.77 bits per heavy atom. The van der Waals surface area contributed by atoms with Crippen molar-refractivity contribution in [3.63, 3.8) is 0 Å². The van der Waals surface area contributed by atoms with Crippen molar-refractivity contribution < 1.29 is 4.42 Å². The van der Waals surface area contributed by atoms with Crippen molar-refractivity contribution in [3.05, 3.63) is 169 Å². The van der Waals surface area contributed by atoms with Gasteiger partial charge in [0, 0.05) is 49.5 Å². The van der Waals surface area contributed by atoms with Crippen LogP contribution in [0.1, 0.15) is 0 Å². The smallest absolute Gasteiger partial charge is 0.238 e. The molecule has 0 saturated heterocycles. The maximum absolute atomic E-state index is 8.02. The Labute approximate surface area is 302 Å². The van der Waals surface area contributed by atoms with Crippen molar-refractivity contribution >= 4 is 71.2 Å². The zero-order chi connectivity index (χ0) is 35.0. The van der Waals surface area contributed by atoms with E-state index in [1.54, 1.807) is 0 Å². The third kappa shape index (κ3) is 4.36. The van der Waals surface area contributed by atoms with Gasteiger partial charge in [0.25, 0.3) is 0 Å². The van der Waals surface area contributed by atoms with Gasteiger partial charge in [0.15, 0.2) is 17.3 Å². The Hall–Kier alpha value is -7.56. The third-order valence-electron chi connectivity index (χ3n) is 10.2. The molecule has 0 saturated carbocycles. The van der Waals surface area contributed by atoms with Gasteiger partial charge in [-0.2, -0.15) is 9.97 Å². The van der Waals surface area contributed by atoms with Gasteiger partial charge in [-0.1, -0.05) is 109 Å². The van der Waals surface area contributed by atoms with Gasteiger partial charge in [-0.25, -0.2) is 9.83 Å². The molecular weight excluding hydrogens is 653 g/mol. The van der Waals surface area contributed by atoms with E-state index in [-0.39, 0.29) is 0 Å². The summed E-state index contributed by atoms with van der Waals surface area (Å²) in [6.45, 7) is 8.02. The maximum Gasteiger partial charge on any atom is 0.238 e. The molecule has 0 fully saturated rings. The van der Waals surface area contributed by atoms with E-state index in [0.29, 0.717) is 28.8 Å². The van der Waals surface area contributed by atoms with Gasteiger partial charge >= 0.3 is 0 Å². The molecule has 11 aromatic rings. The number of hydrogen-bond donors (Lipinski definition) is 0. The lowest BCUT2D eigenvalue weighted by molar-refractivity contribution is 0.669. The summed E-state index contributed by atoms with van der Waals surface area (Å²) in [5, 5.41) is 6.60. The summed E-state index contributed by atoms with van der Waals surface area (Å²) in [7, 11) is 0. The molecule has 0 aliphatic rings. The van der Waals surface area contributed by atoms with Gasteiger partial charge in [0.2, 0.25) is 5.95 Å². The summed E-state index contributed by atoms with van der Waals surface area (Å²) in [5.74, 6) is 1.50. The fourth-order valence-corrected chi connectivity index (χ4v) is 7.85. The van der Waals surface area contributed by atoms with E-state index in [1.165, 1.54) is 0 Å². The Bertz CT molecular complexity index is 3260. The van der Waals surface area contributed by atoms with Crippen LogP contribution in [-0.2, 0) is 0 Å². The van der Waals surface area contributed by atoms with Crippen molar-refractivity contribution in [2.75, 3.05) is 0 Å². The number of benzene rings is 7. The highest BCUT2D eigenvalue weighted by Crippen LogP contribution is 2.41. The summed E-state index contributed by atoms with van der Waals surface area (Å²) in [6, 6.07) is 53.3. The number of hydrogen-bond acceptors (Lipinski definition) is 4. The van der Waals surface area contributed by atoms with Gasteiger partial charge in [-0.15, -0.1) is 0 Å². The Morgan fingerprint density at radius 1 is 0.453 bits per heavy atom. The number of rotatable bonds is 4. The molecule has 0 unspecified atom stereocenters. The van der Waals surface area contributed by atoms with Gasteiger partial charge in [0.1, 0.15) is 11.2 Å². The van der Waals surface area contributed by atoms with E-state index < -0.39 is 0 Å². The van der Waals surface area contributed by atoms with E-state index in [0.717, 1.165) is 76.8 Å². The first-order valence-corrected chi connectivity index (χ1v) is 17.4. The molecule has 0 radical (unpaired) electrons. The monoisotopic (exact) mass is 678 g/mol. The van der Waals surface area contributed by atoms with Crippen molar-refractivity contribution in [2.24, 2.45) is 0 Å². The van der Waals surface area contributed by atoms with Gasteiger partial charge in [0.05, 0.1) is 34.3 Å². The second kappa shape index (κ2) is 11.2. The Kier molecular flexibility index (Phi) is 6.18. The van der Waals surface area contributed by atoms with Crippen molar-refractivity contribution in [1.82, 2.24) is 24.1 Å². The Morgan fingerprint density at radius 2 is 1.06 bits per heavy atom. The summed E-state index contributed by atoms with van der Waals surface area (Å²) in [4.78, 5) is 19.4. The quantitative estimate of drug-likeness (QED) is 0.174. The lowest BCUT2D eigenvalue weighted by atomic mass is 10.1. The van der Waals surface area contributed by atoms with Gasteiger partial charge < -0.3 is 8.98 Å².